The highest BCUT2D eigenvalue weighted by Gasteiger charge is 2.42. The number of alkyl halides is 6. The number of aromatic nitrogens is 2. The maximum atomic E-state index is 13.1. The molecular formula is C16H14F6N4O3. The van der Waals surface area contributed by atoms with Gasteiger partial charge in [0, 0.05) is 11.8 Å². The van der Waals surface area contributed by atoms with E-state index < -0.39 is 41.8 Å². The highest BCUT2D eigenvalue weighted by Crippen LogP contribution is 2.36. The smallest absolute Gasteiger partial charge is 0.435 e. The van der Waals surface area contributed by atoms with Crippen molar-refractivity contribution in [1.82, 2.24) is 15.1 Å². The monoisotopic (exact) mass is 424 g/mol. The highest BCUT2D eigenvalue weighted by atomic mass is 19.4. The molecule has 2 amide bonds. The molecule has 0 aliphatic rings. The lowest BCUT2D eigenvalue weighted by molar-refractivity contribution is -0.143. The zero-order valence-electron chi connectivity index (χ0n) is 14.6. The van der Waals surface area contributed by atoms with Crippen LogP contribution in [-0.4, -0.2) is 32.9 Å². The van der Waals surface area contributed by atoms with E-state index in [-0.39, 0.29) is 28.5 Å². The summed E-state index contributed by atoms with van der Waals surface area (Å²) in [5.74, 6) is -0.711. The second kappa shape index (κ2) is 8.01. The number of nitrogens with one attached hydrogen (secondary N) is 2. The Balaban J connectivity index is 2.29. The summed E-state index contributed by atoms with van der Waals surface area (Å²) in [7, 11) is 0. The molecular weight excluding hydrogens is 410 g/mol. The van der Waals surface area contributed by atoms with Crippen LogP contribution in [0, 0.1) is 0 Å². The SMILES string of the molecule is CCC(NC(=O)O)C(=O)Nc1ccc(-n2nc(C(F)(F)F)cc2C(F)(F)F)cc1. The minimum Gasteiger partial charge on any atom is -0.465 e. The Morgan fingerprint density at radius 1 is 1.10 bits per heavy atom. The van der Waals surface area contributed by atoms with Crippen LogP contribution in [0.5, 0.6) is 0 Å². The third-order valence-electron chi connectivity index (χ3n) is 3.69. The van der Waals surface area contributed by atoms with Gasteiger partial charge in [-0.3, -0.25) is 4.79 Å². The van der Waals surface area contributed by atoms with Gasteiger partial charge in [0.05, 0.1) is 5.69 Å². The third kappa shape index (κ3) is 5.39. The van der Waals surface area contributed by atoms with Crippen molar-refractivity contribution in [3.63, 3.8) is 0 Å². The van der Waals surface area contributed by atoms with E-state index in [1.165, 1.54) is 0 Å². The molecule has 0 aliphatic heterocycles. The van der Waals surface area contributed by atoms with Gasteiger partial charge < -0.3 is 15.7 Å². The predicted octanol–water partition coefficient (Wildman–Crippen LogP) is 3.89. The van der Waals surface area contributed by atoms with Crippen LogP contribution in [-0.2, 0) is 17.1 Å². The van der Waals surface area contributed by atoms with Gasteiger partial charge >= 0.3 is 18.4 Å². The van der Waals surface area contributed by atoms with Gasteiger partial charge in [-0.1, -0.05) is 6.92 Å². The number of rotatable bonds is 5. The van der Waals surface area contributed by atoms with E-state index in [0.29, 0.717) is 0 Å². The fraction of sp³-hybridized carbons (Fsp3) is 0.312. The number of carbonyl (C=O) groups excluding carboxylic acids is 1. The van der Waals surface area contributed by atoms with Gasteiger partial charge in [0.15, 0.2) is 5.69 Å². The topological polar surface area (TPSA) is 96.3 Å². The summed E-state index contributed by atoms with van der Waals surface area (Å²) in [5.41, 5.74) is -3.53. The van der Waals surface area contributed by atoms with Crippen molar-refractivity contribution < 1.29 is 41.0 Å². The first kappa shape index (κ1) is 22.0. The number of anilines is 1. The third-order valence-corrected chi connectivity index (χ3v) is 3.69. The second-order valence-corrected chi connectivity index (χ2v) is 5.77. The molecule has 2 rings (SSSR count). The zero-order valence-corrected chi connectivity index (χ0v) is 14.6. The Kier molecular flexibility index (Phi) is 6.09. The average Bonchev–Trinajstić information content (AvgIpc) is 3.06. The van der Waals surface area contributed by atoms with E-state index >= 15 is 0 Å². The summed E-state index contributed by atoms with van der Waals surface area (Å²) in [5, 5.41) is 16.0. The van der Waals surface area contributed by atoms with E-state index in [9.17, 15) is 35.9 Å². The van der Waals surface area contributed by atoms with Crippen molar-refractivity contribution in [2.24, 2.45) is 0 Å². The van der Waals surface area contributed by atoms with Crippen molar-refractivity contribution in [3.05, 3.63) is 41.7 Å². The highest BCUT2D eigenvalue weighted by molar-refractivity contribution is 5.96. The molecule has 3 N–H and O–H groups in total. The van der Waals surface area contributed by atoms with Gasteiger partial charge in [-0.05, 0) is 30.7 Å². The minimum absolute atomic E-state index is 0.0981. The molecule has 29 heavy (non-hydrogen) atoms. The number of amides is 2. The summed E-state index contributed by atoms with van der Waals surface area (Å²) in [6.45, 7) is 1.55. The normalized spacial score (nSPS) is 13.1. The Hall–Kier alpha value is -3.25. The molecule has 2 aromatic rings. The predicted molar refractivity (Wildman–Crippen MR) is 87.4 cm³/mol. The van der Waals surface area contributed by atoms with E-state index in [2.05, 4.69) is 10.4 Å². The Morgan fingerprint density at radius 3 is 2.14 bits per heavy atom. The largest absolute Gasteiger partial charge is 0.465 e. The molecule has 1 unspecified atom stereocenters. The maximum Gasteiger partial charge on any atom is 0.435 e. The summed E-state index contributed by atoms with van der Waals surface area (Å²) >= 11 is 0. The van der Waals surface area contributed by atoms with Gasteiger partial charge in [-0.15, -0.1) is 0 Å². The summed E-state index contributed by atoms with van der Waals surface area (Å²) in [6.07, 6.45) is -11.4. The Labute approximate surface area is 159 Å². The van der Waals surface area contributed by atoms with Crippen LogP contribution < -0.4 is 10.6 Å². The lowest BCUT2D eigenvalue weighted by atomic mass is 10.2. The molecule has 158 valence electrons. The maximum absolute atomic E-state index is 13.1. The van der Waals surface area contributed by atoms with Crippen molar-refractivity contribution in [2.45, 2.75) is 31.7 Å². The van der Waals surface area contributed by atoms with Crippen molar-refractivity contribution in [1.29, 1.82) is 0 Å². The molecule has 7 nitrogen and oxygen atoms in total. The Morgan fingerprint density at radius 2 is 1.69 bits per heavy atom. The molecule has 0 aliphatic carbocycles. The van der Waals surface area contributed by atoms with Crippen molar-refractivity contribution in [3.8, 4) is 5.69 Å². The number of nitrogens with zero attached hydrogens (tertiary/aromatic N) is 2. The summed E-state index contributed by atoms with van der Waals surface area (Å²) in [6, 6.07) is 3.20. The first-order valence-electron chi connectivity index (χ1n) is 7.98. The standard InChI is InChI=1S/C16H14F6N4O3/c1-2-10(24-14(28)29)13(27)23-8-3-5-9(6-4-8)26-12(16(20,21)22)7-11(25-26)15(17,18)19/h3-7,10,24H,2H2,1H3,(H,23,27)(H,28,29). The average molecular weight is 424 g/mol. The fourth-order valence-electron chi connectivity index (χ4n) is 2.34. The molecule has 1 aromatic heterocycles. The Bertz CT molecular complexity index is 890. The molecule has 1 aromatic carbocycles. The minimum atomic E-state index is -5.08. The first-order chi connectivity index (χ1) is 13.3. The quantitative estimate of drug-likeness (QED) is 0.635. The van der Waals surface area contributed by atoms with Crippen LogP contribution >= 0.6 is 0 Å². The van der Waals surface area contributed by atoms with Crippen molar-refractivity contribution >= 4 is 17.7 Å². The van der Waals surface area contributed by atoms with E-state index in [4.69, 9.17) is 5.11 Å². The van der Waals surface area contributed by atoms with E-state index in [0.717, 1.165) is 24.3 Å². The van der Waals surface area contributed by atoms with Crippen LogP contribution in [0.2, 0.25) is 0 Å². The van der Waals surface area contributed by atoms with E-state index in [1.54, 1.807) is 6.92 Å². The number of carboxylic acid groups (broad SMARTS) is 1. The van der Waals surface area contributed by atoms with Crippen LogP contribution in [0.25, 0.3) is 5.69 Å². The molecule has 0 saturated heterocycles. The molecule has 1 atom stereocenters. The number of halogens is 6. The fourth-order valence-corrected chi connectivity index (χ4v) is 2.34. The first-order valence-corrected chi connectivity index (χ1v) is 7.98. The number of hydrogen-bond donors (Lipinski definition) is 3. The molecule has 0 saturated carbocycles. The molecule has 13 heteroatoms. The van der Waals surface area contributed by atoms with Gasteiger partial charge in [-0.25, -0.2) is 9.48 Å². The molecule has 1 heterocycles. The number of benzene rings is 1. The van der Waals surface area contributed by atoms with Gasteiger partial charge in [-0.2, -0.15) is 31.4 Å². The van der Waals surface area contributed by atoms with Gasteiger partial charge in [0.25, 0.3) is 0 Å². The molecule has 0 spiro atoms. The van der Waals surface area contributed by atoms with Crippen LogP contribution in [0.3, 0.4) is 0 Å². The summed E-state index contributed by atoms with van der Waals surface area (Å²) in [4.78, 5) is 22.6. The number of hydrogen-bond acceptors (Lipinski definition) is 3. The van der Waals surface area contributed by atoms with Gasteiger partial charge in [0.1, 0.15) is 11.7 Å². The summed E-state index contributed by atoms with van der Waals surface area (Å²) < 4.78 is 77.6. The van der Waals surface area contributed by atoms with Crippen LogP contribution in [0.15, 0.2) is 30.3 Å². The number of carbonyl (C=O) groups is 2. The van der Waals surface area contributed by atoms with Crippen LogP contribution in [0.1, 0.15) is 24.7 Å². The van der Waals surface area contributed by atoms with Crippen LogP contribution in [0.4, 0.5) is 36.8 Å². The van der Waals surface area contributed by atoms with Gasteiger partial charge in [0.2, 0.25) is 5.91 Å². The lowest BCUT2D eigenvalue weighted by Gasteiger charge is -2.15. The second-order valence-electron chi connectivity index (χ2n) is 5.77. The zero-order chi connectivity index (χ0) is 22.0. The lowest BCUT2D eigenvalue weighted by Crippen LogP contribution is -2.42. The van der Waals surface area contributed by atoms with E-state index in [1.807, 2.05) is 5.32 Å². The van der Waals surface area contributed by atoms with Crippen molar-refractivity contribution in [2.75, 3.05) is 5.32 Å². The molecule has 0 bridgehead atoms. The molecule has 0 fully saturated rings. The molecule has 0 radical (unpaired) electrons.